The topological polar surface area (TPSA) is 80.8 Å². The van der Waals surface area contributed by atoms with E-state index in [9.17, 15) is 0 Å². The maximum absolute atomic E-state index is 9.13. The molecule has 1 rings (SSSR count). The van der Waals surface area contributed by atoms with Crippen LogP contribution in [0.4, 0.5) is 11.5 Å². The molecule has 0 saturated carbocycles. The maximum atomic E-state index is 9.13. The van der Waals surface area contributed by atoms with Crippen LogP contribution in [0.3, 0.4) is 0 Å². The molecule has 0 aliphatic heterocycles. The largest absolute Gasteiger partial charge is 0.476 e. The first-order valence-electron chi connectivity index (χ1n) is 6.82. The molecule has 6 nitrogen and oxygen atoms in total. The van der Waals surface area contributed by atoms with Gasteiger partial charge in [0.15, 0.2) is 0 Å². The van der Waals surface area contributed by atoms with E-state index in [2.05, 4.69) is 18.8 Å². The minimum atomic E-state index is 0.0535. The lowest BCUT2D eigenvalue weighted by molar-refractivity contribution is 0.202. The highest BCUT2D eigenvalue weighted by Crippen LogP contribution is 2.23. The van der Waals surface area contributed by atoms with Gasteiger partial charge in [0.2, 0.25) is 5.88 Å². The van der Waals surface area contributed by atoms with Gasteiger partial charge in [-0.1, -0.05) is 13.8 Å². The van der Waals surface area contributed by atoms with Gasteiger partial charge in [-0.3, -0.25) is 0 Å². The number of hydrogen-bond donors (Lipinski definition) is 2. The van der Waals surface area contributed by atoms with Crippen molar-refractivity contribution >= 4 is 11.5 Å². The number of nitrogen functional groups attached to an aromatic ring is 1. The van der Waals surface area contributed by atoms with Gasteiger partial charge in [0.25, 0.3) is 0 Å². The van der Waals surface area contributed by atoms with E-state index in [0.717, 1.165) is 5.82 Å². The zero-order valence-corrected chi connectivity index (χ0v) is 12.5. The first kappa shape index (κ1) is 16.5. The van der Waals surface area contributed by atoms with Gasteiger partial charge in [-0.2, -0.15) is 4.98 Å². The van der Waals surface area contributed by atoms with E-state index in [1.807, 2.05) is 11.0 Å². The average Bonchev–Trinajstić information content (AvgIpc) is 2.42. The molecule has 20 heavy (non-hydrogen) atoms. The van der Waals surface area contributed by atoms with Crippen molar-refractivity contribution in [2.75, 3.05) is 50.7 Å². The Morgan fingerprint density at radius 1 is 1.35 bits per heavy atom. The smallest absolute Gasteiger partial charge is 0.239 e. The Kier molecular flexibility index (Phi) is 7.11. The molecular formula is C14H25N3O3. The summed E-state index contributed by atoms with van der Waals surface area (Å²) in [6, 6.07) is 3.60. The number of methoxy groups -OCH3 is 1. The predicted molar refractivity (Wildman–Crippen MR) is 80.2 cm³/mol. The number of aliphatic hydroxyl groups excluding tert-OH is 1. The van der Waals surface area contributed by atoms with Crippen molar-refractivity contribution in [3.8, 4) is 5.88 Å². The standard InChI is InChI=1S/C14H25N3O3/c1-11(2)10-20-14-12(15)4-5-13(16-14)17(6-8-18)7-9-19-3/h4-5,11,18H,6-10,15H2,1-3H3. The third kappa shape index (κ3) is 5.22. The number of hydrogen-bond acceptors (Lipinski definition) is 6. The first-order valence-corrected chi connectivity index (χ1v) is 6.82. The van der Waals surface area contributed by atoms with Gasteiger partial charge in [-0.05, 0) is 18.1 Å². The highest BCUT2D eigenvalue weighted by atomic mass is 16.5. The van der Waals surface area contributed by atoms with Crippen LogP contribution in [0, 0.1) is 5.92 Å². The Balaban J connectivity index is 2.83. The lowest BCUT2D eigenvalue weighted by atomic mass is 10.2. The molecule has 0 atom stereocenters. The summed E-state index contributed by atoms with van der Waals surface area (Å²) in [6.45, 7) is 6.46. The number of rotatable bonds is 9. The normalized spacial score (nSPS) is 10.8. The van der Waals surface area contributed by atoms with Crippen LogP contribution in [0.1, 0.15) is 13.8 Å². The molecule has 0 bridgehead atoms. The zero-order valence-electron chi connectivity index (χ0n) is 12.5. The second kappa shape index (κ2) is 8.60. The van der Waals surface area contributed by atoms with Crippen molar-refractivity contribution in [1.82, 2.24) is 4.98 Å². The van der Waals surface area contributed by atoms with Crippen LogP contribution in [0.5, 0.6) is 5.88 Å². The van der Waals surface area contributed by atoms with Gasteiger partial charge in [0, 0.05) is 20.2 Å². The van der Waals surface area contributed by atoms with Gasteiger partial charge < -0.3 is 25.2 Å². The van der Waals surface area contributed by atoms with E-state index in [1.165, 1.54) is 0 Å². The van der Waals surface area contributed by atoms with Crippen LogP contribution in [0.15, 0.2) is 12.1 Å². The molecule has 3 N–H and O–H groups in total. The van der Waals surface area contributed by atoms with Crippen molar-refractivity contribution < 1.29 is 14.6 Å². The van der Waals surface area contributed by atoms with Crippen LogP contribution in [0.2, 0.25) is 0 Å². The third-order valence-corrected chi connectivity index (χ3v) is 2.69. The minimum Gasteiger partial charge on any atom is -0.476 e. The fourth-order valence-electron chi connectivity index (χ4n) is 1.64. The third-order valence-electron chi connectivity index (χ3n) is 2.69. The number of pyridine rings is 1. The summed E-state index contributed by atoms with van der Waals surface area (Å²) in [4.78, 5) is 6.36. The van der Waals surface area contributed by atoms with Crippen molar-refractivity contribution in [3.05, 3.63) is 12.1 Å². The quantitative estimate of drug-likeness (QED) is 0.707. The molecule has 0 fully saturated rings. The van der Waals surface area contributed by atoms with Gasteiger partial charge in [-0.15, -0.1) is 0 Å². The van der Waals surface area contributed by atoms with Crippen LogP contribution >= 0.6 is 0 Å². The number of nitrogens with two attached hydrogens (primary N) is 1. The van der Waals surface area contributed by atoms with Gasteiger partial charge in [0.05, 0.1) is 25.5 Å². The van der Waals surface area contributed by atoms with Gasteiger partial charge in [0.1, 0.15) is 5.82 Å². The fraction of sp³-hybridized carbons (Fsp3) is 0.643. The summed E-state index contributed by atoms with van der Waals surface area (Å²) < 4.78 is 10.7. The number of aromatic nitrogens is 1. The highest BCUT2D eigenvalue weighted by Gasteiger charge is 2.11. The fourth-order valence-corrected chi connectivity index (χ4v) is 1.64. The Bertz CT molecular complexity index is 399. The van der Waals surface area contributed by atoms with Gasteiger partial charge >= 0.3 is 0 Å². The number of ether oxygens (including phenoxy) is 2. The molecule has 1 heterocycles. The number of anilines is 2. The molecule has 0 aliphatic rings. The summed E-state index contributed by atoms with van der Waals surface area (Å²) in [6.07, 6.45) is 0. The monoisotopic (exact) mass is 283 g/mol. The van der Waals surface area contributed by atoms with Crippen LogP contribution in [-0.2, 0) is 4.74 Å². The van der Waals surface area contributed by atoms with E-state index >= 15 is 0 Å². The Morgan fingerprint density at radius 2 is 2.10 bits per heavy atom. The summed E-state index contributed by atoms with van der Waals surface area (Å²) >= 11 is 0. The first-order chi connectivity index (χ1) is 9.58. The van der Waals surface area contributed by atoms with Crippen molar-refractivity contribution in [2.24, 2.45) is 5.92 Å². The molecule has 0 amide bonds. The van der Waals surface area contributed by atoms with Crippen molar-refractivity contribution in [3.63, 3.8) is 0 Å². The van der Waals surface area contributed by atoms with E-state index < -0.39 is 0 Å². The molecule has 0 radical (unpaired) electrons. The summed E-state index contributed by atoms with van der Waals surface area (Å²) in [5, 5.41) is 9.13. The molecule has 114 valence electrons. The molecule has 0 aliphatic carbocycles. The SMILES string of the molecule is COCCN(CCO)c1ccc(N)c(OCC(C)C)n1. The molecule has 0 unspecified atom stereocenters. The number of nitrogens with zero attached hydrogens (tertiary/aromatic N) is 2. The zero-order chi connectivity index (χ0) is 15.0. The van der Waals surface area contributed by atoms with Crippen LogP contribution in [-0.4, -0.2) is 50.1 Å². The summed E-state index contributed by atoms with van der Waals surface area (Å²) in [5.41, 5.74) is 6.39. The summed E-state index contributed by atoms with van der Waals surface area (Å²) in [7, 11) is 1.64. The molecule has 0 saturated heterocycles. The Morgan fingerprint density at radius 3 is 2.70 bits per heavy atom. The second-order valence-electron chi connectivity index (χ2n) is 4.97. The highest BCUT2D eigenvalue weighted by molar-refractivity contribution is 5.54. The average molecular weight is 283 g/mol. The van der Waals surface area contributed by atoms with Gasteiger partial charge in [-0.25, -0.2) is 0 Å². The molecular weight excluding hydrogens is 258 g/mol. The maximum Gasteiger partial charge on any atom is 0.239 e. The molecule has 1 aromatic rings. The second-order valence-corrected chi connectivity index (χ2v) is 4.97. The van der Waals surface area contributed by atoms with E-state index in [0.29, 0.717) is 43.8 Å². The van der Waals surface area contributed by atoms with E-state index in [-0.39, 0.29) is 6.61 Å². The van der Waals surface area contributed by atoms with Crippen LogP contribution < -0.4 is 15.4 Å². The Labute approximate surface area is 120 Å². The molecule has 0 aromatic carbocycles. The Hall–Kier alpha value is -1.53. The van der Waals surface area contributed by atoms with Crippen LogP contribution in [0.25, 0.3) is 0 Å². The minimum absolute atomic E-state index is 0.0535. The van der Waals surface area contributed by atoms with E-state index in [4.69, 9.17) is 20.3 Å². The van der Waals surface area contributed by atoms with E-state index in [1.54, 1.807) is 13.2 Å². The van der Waals surface area contributed by atoms with Crippen molar-refractivity contribution in [2.45, 2.75) is 13.8 Å². The van der Waals surface area contributed by atoms with Crippen molar-refractivity contribution in [1.29, 1.82) is 0 Å². The lowest BCUT2D eigenvalue weighted by Crippen LogP contribution is -2.31. The molecule has 0 spiro atoms. The predicted octanol–water partition coefficient (Wildman–Crippen LogP) is 1.14. The number of aliphatic hydroxyl groups is 1. The molecule has 6 heteroatoms. The lowest BCUT2D eigenvalue weighted by Gasteiger charge is -2.23. The summed E-state index contributed by atoms with van der Waals surface area (Å²) in [5.74, 6) is 1.57. The molecule has 1 aromatic heterocycles.